The molecule has 0 fully saturated rings. The fourth-order valence-corrected chi connectivity index (χ4v) is 4.29. The van der Waals surface area contributed by atoms with E-state index in [4.69, 9.17) is 4.74 Å². The molecule has 2 heterocycles. The van der Waals surface area contributed by atoms with Gasteiger partial charge in [0.15, 0.2) is 0 Å². The number of carbonyl (C=O) groups excluding carboxylic acids is 2. The van der Waals surface area contributed by atoms with Crippen molar-refractivity contribution in [2.45, 2.75) is 38.6 Å². The Bertz CT molecular complexity index is 1140. The smallest absolute Gasteiger partial charge is 0.243 e. The van der Waals surface area contributed by atoms with Crippen molar-refractivity contribution < 1.29 is 14.3 Å². The summed E-state index contributed by atoms with van der Waals surface area (Å²) in [5.74, 6) is 0.274. The minimum absolute atomic E-state index is 0.0435. The number of rotatable bonds is 8. The molecule has 1 aliphatic rings. The van der Waals surface area contributed by atoms with Gasteiger partial charge in [-0.1, -0.05) is 60.7 Å². The zero-order valence-electron chi connectivity index (χ0n) is 18.5. The van der Waals surface area contributed by atoms with Crippen LogP contribution in [0.25, 0.3) is 0 Å². The normalized spacial score (nSPS) is 15.3. The molecule has 4 rings (SSSR count). The SMILES string of the molecule is CCc1nnc(NC(=O)CCC(=O)N2N=C(c3ccccc3)CC2c2ccc(OC)cc2)s1. The van der Waals surface area contributed by atoms with Crippen LogP contribution in [0.4, 0.5) is 5.13 Å². The van der Waals surface area contributed by atoms with Crippen molar-refractivity contribution in [3.05, 3.63) is 70.7 Å². The van der Waals surface area contributed by atoms with Crippen molar-refractivity contribution >= 4 is 34.0 Å². The first-order chi connectivity index (χ1) is 16.1. The molecule has 8 nitrogen and oxygen atoms in total. The molecule has 170 valence electrons. The molecule has 0 saturated heterocycles. The predicted octanol–water partition coefficient (Wildman–Crippen LogP) is 4.21. The van der Waals surface area contributed by atoms with Crippen LogP contribution in [0.2, 0.25) is 0 Å². The number of benzene rings is 2. The summed E-state index contributed by atoms with van der Waals surface area (Å²) in [5.41, 5.74) is 2.78. The van der Waals surface area contributed by atoms with Gasteiger partial charge in [-0.2, -0.15) is 5.10 Å². The monoisotopic (exact) mass is 463 g/mol. The van der Waals surface area contributed by atoms with Gasteiger partial charge in [0, 0.05) is 19.3 Å². The number of hydrazone groups is 1. The Morgan fingerprint density at radius 1 is 1.09 bits per heavy atom. The summed E-state index contributed by atoms with van der Waals surface area (Å²) in [6.45, 7) is 1.98. The van der Waals surface area contributed by atoms with E-state index in [2.05, 4.69) is 20.6 Å². The highest BCUT2D eigenvalue weighted by molar-refractivity contribution is 7.15. The number of aryl methyl sites for hydroxylation is 1. The van der Waals surface area contributed by atoms with Gasteiger partial charge in [0.2, 0.25) is 16.9 Å². The first-order valence-corrected chi connectivity index (χ1v) is 11.6. The Morgan fingerprint density at radius 2 is 1.85 bits per heavy atom. The van der Waals surface area contributed by atoms with Crippen LogP contribution in [0.3, 0.4) is 0 Å². The number of anilines is 1. The van der Waals surface area contributed by atoms with Gasteiger partial charge in [0.1, 0.15) is 10.8 Å². The topological polar surface area (TPSA) is 96.8 Å². The maximum Gasteiger partial charge on any atom is 0.243 e. The molecule has 2 aromatic carbocycles. The van der Waals surface area contributed by atoms with E-state index in [-0.39, 0.29) is 30.7 Å². The van der Waals surface area contributed by atoms with E-state index in [1.54, 1.807) is 7.11 Å². The van der Waals surface area contributed by atoms with E-state index in [1.807, 2.05) is 61.5 Å². The average molecular weight is 464 g/mol. The largest absolute Gasteiger partial charge is 0.497 e. The summed E-state index contributed by atoms with van der Waals surface area (Å²) in [5, 5.41) is 18.1. The van der Waals surface area contributed by atoms with Crippen LogP contribution < -0.4 is 10.1 Å². The van der Waals surface area contributed by atoms with Crippen LogP contribution in [0.15, 0.2) is 59.7 Å². The molecule has 1 aliphatic heterocycles. The molecule has 33 heavy (non-hydrogen) atoms. The van der Waals surface area contributed by atoms with E-state index in [1.165, 1.54) is 16.3 Å². The molecule has 1 unspecified atom stereocenters. The number of nitrogens with zero attached hydrogens (tertiary/aromatic N) is 4. The van der Waals surface area contributed by atoms with Gasteiger partial charge in [0.05, 0.1) is 18.9 Å². The summed E-state index contributed by atoms with van der Waals surface area (Å²) >= 11 is 1.34. The number of amides is 2. The van der Waals surface area contributed by atoms with Crippen LogP contribution in [-0.2, 0) is 16.0 Å². The number of hydrogen-bond acceptors (Lipinski definition) is 7. The molecule has 9 heteroatoms. The van der Waals surface area contributed by atoms with Crippen LogP contribution in [-0.4, -0.2) is 39.8 Å². The van der Waals surface area contributed by atoms with Gasteiger partial charge in [-0.25, -0.2) is 5.01 Å². The lowest BCUT2D eigenvalue weighted by Gasteiger charge is -2.22. The van der Waals surface area contributed by atoms with E-state index >= 15 is 0 Å². The lowest BCUT2D eigenvalue weighted by molar-refractivity contribution is -0.134. The summed E-state index contributed by atoms with van der Waals surface area (Å²) < 4.78 is 5.26. The minimum atomic E-state index is -0.269. The Kier molecular flexibility index (Phi) is 7.09. The first-order valence-electron chi connectivity index (χ1n) is 10.8. The lowest BCUT2D eigenvalue weighted by Crippen LogP contribution is -2.28. The van der Waals surface area contributed by atoms with Crippen LogP contribution in [0.5, 0.6) is 5.75 Å². The van der Waals surface area contributed by atoms with Crippen molar-refractivity contribution in [3.63, 3.8) is 0 Å². The molecule has 0 bridgehead atoms. The Labute approximate surface area is 196 Å². The fraction of sp³-hybridized carbons (Fsp3) is 0.292. The molecule has 1 aromatic heterocycles. The van der Waals surface area contributed by atoms with Gasteiger partial charge >= 0.3 is 0 Å². The lowest BCUT2D eigenvalue weighted by atomic mass is 9.98. The van der Waals surface area contributed by atoms with Gasteiger partial charge in [-0.15, -0.1) is 10.2 Å². The second-order valence-corrected chi connectivity index (χ2v) is 8.61. The number of carbonyl (C=O) groups is 2. The van der Waals surface area contributed by atoms with E-state index < -0.39 is 0 Å². The number of hydrogen-bond donors (Lipinski definition) is 1. The summed E-state index contributed by atoms with van der Waals surface area (Å²) in [6, 6.07) is 17.2. The summed E-state index contributed by atoms with van der Waals surface area (Å²) in [6.07, 6.45) is 1.44. The van der Waals surface area contributed by atoms with Crippen molar-refractivity contribution in [1.82, 2.24) is 15.2 Å². The number of methoxy groups -OCH3 is 1. The Balaban J connectivity index is 1.47. The summed E-state index contributed by atoms with van der Waals surface area (Å²) in [4.78, 5) is 25.5. The number of aromatic nitrogens is 2. The molecule has 0 spiro atoms. The highest BCUT2D eigenvalue weighted by atomic mass is 32.1. The molecule has 0 aliphatic carbocycles. The third-order valence-electron chi connectivity index (χ3n) is 5.36. The highest BCUT2D eigenvalue weighted by Gasteiger charge is 2.33. The second-order valence-electron chi connectivity index (χ2n) is 7.55. The van der Waals surface area contributed by atoms with Crippen LogP contribution in [0.1, 0.15) is 48.4 Å². The van der Waals surface area contributed by atoms with Crippen molar-refractivity contribution in [2.24, 2.45) is 5.10 Å². The molecule has 0 radical (unpaired) electrons. The predicted molar refractivity (Wildman–Crippen MR) is 127 cm³/mol. The van der Waals surface area contributed by atoms with Crippen molar-refractivity contribution in [2.75, 3.05) is 12.4 Å². The van der Waals surface area contributed by atoms with E-state index in [0.717, 1.165) is 34.0 Å². The van der Waals surface area contributed by atoms with Gasteiger partial charge in [-0.05, 0) is 29.7 Å². The van der Waals surface area contributed by atoms with Crippen LogP contribution in [0, 0.1) is 0 Å². The Hall–Kier alpha value is -3.59. The number of ether oxygens (including phenoxy) is 1. The van der Waals surface area contributed by atoms with E-state index in [0.29, 0.717) is 11.6 Å². The molecule has 1 atom stereocenters. The zero-order valence-corrected chi connectivity index (χ0v) is 19.3. The average Bonchev–Trinajstić information content (AvgIpc) is 3.50. The molecular formula is C24H25N5O3S. The third kappa shape index (κ3) is 5.43. The highest BCUT2D eigenvalue weighted by Crippen LogP contribution is 2.34. The maximum atomic E-state index is 13.1. The minimum Gasteiger partial charge on any atom is -0.497 e. The maximum absolute atomic E-state index is 13.1. The third-order valence-corrected chi connectivity index (χ3v) is 6.34. The summed E-state index contributed by atoms with van der Waals surface area (Å²) in [7, 11) is 1.62. The van der Waals surface area contributed by atoms with Crippen molar-refractivity contribution in [3.8, 4) is 5.75 Å². The van der Waals surface area contributed by atoms with Gasteiger partial charge in [0.25, 0.3) is 0 Å². The van der Waals surface area contributed by atoms with Crippen molar-refractivity contribution in [1.29, 1.82) is 0 Å². The van der Waals surface area contributed by atoms with Crippen LogP contribution >= 0.6 is 11.3 Å². The van der Waals surface area contributed by atoms with Gasteiger partial charge < -0.3 is 10.1 Å². The number of nitrogens with one attached hydrogen (secondary N) is 1. The van der Waals surface area contributed by atoms with E-state index in [9.17, 15) is 9.59 Å². The molecular weight excluding hydrogens is 438 g/mol. The molecule has 2 amide bonds. The zero-order chi connectivity index (χ0) is 23.2. The Morgan fingerprint density at radius 3 is 2.52 bits per heavy atom. The second kappa shape index (κ2) is 10.4. The fourth-order valence-electron chi connectivity index (χ4n) is 3.59. The standard InChI is InChI=1S/C24H25N5O3S/c1-3-22-26-27-24(33-22)25-21(30)13-14-23(31)29-20(17-9-11-18(32-2)12-10-17)15-19(28-29)16-7-5-4-6-8-16/h4-12,20H,3,13-15H2,1-2H3,(H,25,27,30). The molecule has 1 N–H and O–H groups in total. The molecule has 3 aromatic rings. The first kappa shape index (κ1) is 22.6. The quantitative estimate of drug-likeness (QED) is 0.540. The molecule has 0 saturated carbocycles. The van der Waals surface area contributed by atoms with Gasteiger partial charge in [-0.3, -0.25) is 9.59 Å².